The topological polar surface area (TPSA) is 102 Å². The quantitative estimate of drug-likeness (QED) is 0.643. The second-order valence-corrected chi connectivity index (χ2v) is 4.66. The summed E-state index contributed by atoms with van der Waals surface area (Å²) >= 11 is 3.14. The number of amides is 1. The zero-order valence-corrected chi connectivity index (χ0v) is 10.6. The Morgan fingerprint density at radius 3 is 2.89 bits per heavy atom. The lowest BCUT2D eigenvalue weighted by molar-refractivity contribution is -0.386. The van der Waals surface area contributed by atoms with Crippen LogP contribution in [0.2, 0.25) is 0 Å². The minimum Gasteiger partial charge on any atom is -0.502 e. The highest BCUT2D eigenvalue weighted by Gasteiger charge is 2.27. The maximum absolute atomic E-state index is 11.1. The molecular formula is C10H9BrN2O5. The van der Waals surface area contributed by atoms with Gasteiger partial charge in [0, 0.05) is 22.5 Å². The molecule has 0 spiro atoms. The van der Waals surface area contributed by atoms with E-state index in [1.54, 1.807) is 6.07 Å². The molecule has 96 valence electrons. The Morgan fingerprint density at radius 1 is 1.56 bits per heavy atom. The molecule has 0 unspecified atom stereocenters. The minimum atomic E-state index is -0.676. The van der Waals surface area contributed by atoms with Crippen LogP contribution < -0.4 is 5.32 Å². The Bertz CT molecular complexity index is 519. The number of halogens is 1. The molecule has 0 saturated carbocycles. The summed E-state index contributed by atoms with van der Waals surface area (Å²) in [4.78, 5) is 21.2. The third-order valence-electron chi connectivity index (χ3n) is 2.59. The SMILES string of the molecule is O=C1N[C@H](c2cc(Br)cc([N+](=O)[O-])c2O)CCO1. The standard InChI is InChI=1S/C10H9BrN2O5/c11-5-3-6(7-1-2-18-10(15)12-7)9(14)8(4-5)13(16)17/h3-4,7,14H,1-2H2,(H,12,15)/t7-/m0/s1. The molecule has 1 amide bonds. The van der Waals surface area contributed by atoms with E-state index in [0.717, 1.165) is 0 Å². The molecule has 2 N–H and O–H groups in total. The highest BCUT2D eigenvalue weighted by molar-refractivity contribution is 9.10. The van der Waals surface area contributed by atoms with Gasteiger partial charge in [0.05, 0.1) is 17.6 Å². The van der Waals surface area contributed by atoms with Crippen molar-refractivity contribution in [3.05, 3.63) is 32.3 Å². The zero-order valence-electron chi connectivity index (χ0n) is 9.05. The van der Waals surface area contributed by atoms with Gasteiger partial charge < -0.3 is 15.2 Å². The van der Waals surface area contributed by atoms with Gasteiger partial charge in [-0.15, -0.1) is 0 Å². The van der Waals surface area contributed by atoms with E-state index in [-0.39, 0.29) is 6.61 Å². The smallest absolute Gasteiger partial charge is 0.407 e. The molecule has 7 nitrogen and oxygen atoms in total. The molecule has 1 aromatic rings. The number of phenols is 1. The summed E-state index contributed by atoms with van der Waals surface area (Å²) in [5, 5.41) is 23.2. The molecule has 2 rings (SSSR count). The van der Waals surface area contributed by atoms with E-state index in [2.05, 4.69) is 21.2 Å². The van der Waals surface area contributed by atoms with Crippen LogP contribution in [0.1, 0.15) is 18.0 Å². The van der Waals surface area contributed by atoms with E-state index in [4.69, 9.17) is 4.74 Å². The van der Waals surface area contributed by atoms with Gasteiger partial charge in [0.15, 0.2) is 5.75 Å². The number of alkyl carbamates (subject to hydrolysis) is 1. The fourth-order valence-corrected chi connectivity index (χ4v) is 2.23. The van der Waals surface area contributed by atoms with Gasteiger partial charge in [0.1, 0.15) is 0 Å². The van der Waals surface area contributed by atoms with Crippen LogP contribution in [0.3, 0.4) is 0 Å². The van der Waals surface area contributed by atoms with Gasteiger partial charge >= 0.3 is 11.8 Å². The first-order valence-corrected chi connectivity index (χ1v) is 5.88. The number of aromatic hydroxyl groups is 1. The van der Waals surface area contributed by atoms with Crippen molar-refractivity contribution in [1.29, 1.82) is 0 Å². The van der Waals surface area contributed by atoms with Crippen LogP contribution in [0.25, 0.3) is 0 Å². The van der Waals surface area contributed by atoms with E-state index in [9.17, 15) is 20.0 Å². The number of phenolic OH excluding ortho intramolecular Hbond substituents is 1. The molecule has 0 radical (unpaired) electrons. The maximum atomic E-state index is 11.1. The molecule has 0 aliphatic carbocycles. The first kappa shape index (κ1) is 12.6. The molecule has 18 heavy (non-hydrogen) atoms. The number of benzene rings is 1. The fraction of sp³-hybridized carbons (Fsp3) is 0.300. The molecule has 1 atom stereocenters. The third-order valence-corrected chi connectivity index (χ3v) is 3.05. The highest BCUT2D eigenvalue weighted by Crippen LogP contribution is 2.38. The molecular weight excluding hydrogens is 308 g/mol. The Labute approximate surface area is 110 Å². The van der Waals surface area contributed by atoms with Crippen LogP contribution in [-0.2, 0) is 4.74 Å². The lowest BCUT2D eigenvalue weighted by Gasteiger charge is -2.24. The molecule has 1 aliphatic heterocycles. The molecule has 0 aromatic heterocycles. The van der Waals surface area contributed by atoms with E-state index < -0.39 is 28.5 Å². The molecule has 1 aromatic carbocycles. The number of hydrogen-bond donors (Lipinski definition) is 2. The Morgan fingerprint density at radius 2 is 2.28 bits per heavy atom. The Balaban J connectivity index is 2.43. The van der Waals surface area contributed by atoms with Gasteiger partial charge in [-0.3, -0.25) is 10.1 Å². The maximum Gasteiger partial charge on any atom is 0.407 e. The predicted molar refractivity (Wildman–Crippen MR) is 64.3 cm³/mol. The van der Waals surface area contributed by atoms with Crippen LogP contribution >= 0.6 is 15.9 Å². The van der Waals surface area contributed by atoms with E-state index in [1.165, 1.54) is 6.07 Å². The second-order valence-electron chi connectivity index (χ2n) is 3.74. The zero-order chi connectivity index (χ0) is 13.3. The van der Waals surface area contributed by atoms with Crippen molar-refractivity contribution in [2.45, 2.75) is 12.5 Å². The molecule has 0 bridgehead atoms. The number of nitro benzene ring substituents is 1. The third kappa shape index (κ3) is 2.37. The number of carbonyl (C=O) groups is 1. The summed E-state index contributed by atoms with van der Waals surface area (Å²) in [6, 6.07) is 2.25. The van der Waals surface area contributed by atoms with Crippen molar-refractivity contribution in [2.75, 3.05) is 6.61 Å². The Hall–Kier alpha value is -1.83. The summed E-state index contributed by atoms with van der Waals surface area (Å²) < 4.78 is 5.16. The lowest BCUT2D eigenvalue weighted by atomic mass is 10.0. The van der Waals surface area contributed by atoms with Crippen molar-refractivity contribution in [2.24, 2.45) is 0 Å². The van der Waals surface area contributed by atoms with Gasteiger partial charge in [0.2, 0.25) is 0 Å². The van der Waals surface area contributed by atoms with Gasteiger partial charge in [-0.1, -0.05) is 15.9 Å². The number of nitro groups is 1. The molecule has 8 heteroatoms. The van der Waals surface area contributed by atoms with E-state index in [1.807, 2.05) is 0 Å². The van der Waals surface area contributed by atoms with E-state index in [0.29, 0.717) is 16.5 Å². The number of ether oxygens (including phenoxy) is 1. The largest absolute Gasteiger partial charge is 0.502 e. The van der Waals surface area contributed by atoms with Crippen LogP contribution in [0, 0.1) is 10.1 Å². The summed E-state index contributed by atoms with van der Waals surface area (Å²) in [6.07, 6.45) is -0.166. The number of rotatable bonds is 2. The predicted octanol–water partition coefficient (Wildman–Crippen LogP) is 2.23. The number of nitrogens with zero attached hydrogens (tertiary/aromatic N) is 1. The molecule has 1 fully saturated rings. The van der Waals surface area contributed by atoms with Gasteiger partial charge in [-0.05, 0) is 6.07 Å². The minimum absolute atomic E-state index is 0.205. The van der Waals surface area contributed by atoms with Crippen LogP contribution in [0.15, 0.2) is 16.6 Å². The van der Waals surface area contributed by atoms with Gasteiger partial charge in [0.25, 0.3) is 0 Å². The summed E-state index contributed by atoms with van der Waals surface area (Å²) in [5.74, 6) is -0.435. The number of carbonyl (C=O) groups excluding carboxylic acids is 1. The summed E-state index contributed by atoms with van der Waals surface area (Å²) in [7, 11) is 0. The highest BCUT2D eigenvalue weighted by atomic mass is 79.9. The number of nitrogens with one attached hydrogen (secondary N) is 1. The van der Waals surface area contributed by atoms with Gasteiger partial charge in [-0.2, -0.15) is 0 Å². The Kier molecular flexibility index (Phi) is 3.37. The van der Waals surface area contributed by atoms with Gasteiger partial charge in [-0.25, -0.2) is 4.79 Å². The fourth-order valence-electron chi connectivity index (χ4n) is 1.77. The van der Waals surface area contributed by atoms with Crippen molar-refractivity contribution in [3.8, 4) is 5.75 Å². The van der Waals surface area contributed by atoms with Crippen molar-refractivity contribution < 1.29 is 19.6 Å². The normalized spacial score (nSPS) is 18.9. The summed E-state index contributed by atoms with van der Waals surface area (Å²) in [5.41, 5.74) is -0.104. The van der Waals surface area contributed by atoms with Crippen molar-refractivity contribution >= 4 is 27.7 Å². The van der Waals surface area contributed by atoms with Crippen LogP contribution in [0.4, 0.5) is 10.5 Å². The van der Waals surface area contributed by atoms with E-state index >= 15 is 0 Å². The summed E-state index contributed by atoms with van der Waals surface area (Å²) in [6.45, 7) is 0.205. The average Bonchev–Trinajstić information content (AvgIpc) is 2.31. The molecule has 1 heterocycles. The first-order chi connectivity index (χ1) is 8.49. The molecule has 1 saturated heterocycles. The van der Waals surface area contributed by atoms with Crippen molar-refractivity contribution in [1.82, 2.24) is 5.32 Å². The lowest BCUT2D eigenvalue weighted by Crippen LogP contribution is -2.35. The van der Waals surface area contributed by atoms with Crippen molar-refractivity contribution in [3.63, 3.8) is 0 Å². The first-order valence-electron chi connectivity index (χ1n) is 5.09. The second kappa shape index (κ2) is 4.81. The molecule has 1 aliphatic rings. The van der Waals surface area contributed by atoms with Crippen LogP contribution in [0.5, 0.6) is 5.75 Å². The monoisotopic (exact) mass is 316 g/mol. The number of hydrogen-bond acceptors (Lipinski definition) is 5. The van der Waals surface area contributed by atoms with Crippen LogP contribution in [-0.4, -0.2) is 22.7 Å². The number of cyclic esters (lactones) is 1. The average molecular weight is 317 g/mol.